The Morgan fingerprint density at radius 1 is 1.11 bits per heavy atom. The standard InChI is InChI=1S/C29H37N3O4/c1-20(2)21-8-10-23(11-9-21)29(33,28(3)18-32(4)19-28)24-7-5-6-22(16-24)27-30-26(31-36-27)17-35-25-12-14-34-15-13-25/h5-11,16,20,25,33H,12-15,17-19H2,1-4H3/t29-/m0/s1. The molecule has 5 rings (SSSR count). The molecule has 2 aromatic carbocycles. The van der Waals surface area contributed by atoms with Crippen LogP contribution in [0.15, 0.2) is 53.1 Å². The smallest absolute Gasteiger partial charge is 0.258 e. The maximum atomic E-state index is 12.5. The van der Waals surface area contributed by atoms with Crippen LogP contribution in [0.25, 0.3) is 11.5 Å². The van der Waals surface area contributed by atoms with Crippen LogP contribution in [-0.2, 0) is 21.7 Å². The fourth-order valence-corrected chi connectivity index (χ4v) is 5.69. The molecule has 7 heteroatoms. The van der Waals surface area contributed by atoms with E-state index in [0.717, 1.165) is 55.8 Å². The van der Waals surface area contributed by atoms with Gasteiger partial charge in [0.25, 0.3) is 5.89 Å². The second kappa shape index (κ2) is 10.1. The van der Waals surface area contributed by atoms with Crippen molar-refractivity contribution in [2.45, 2.75) is 57.8 Å². The summed E-state index contributed by atoms with van der Waals surface area (Å²) in [4.78, 5) is 6.81. The van der Waals surface area contributed by atoms with Crippen LogP contribution in [0.4, 0.5) is 0 Å². The largest absolute Gasteiger partial charge is 0.381 e. The van der Waals surface area contributed by atoms with Crippen LogP contribution in [0.5, 0.6) is 0 Å². The maximum Gasteiger partial charge on any atom is 0.258 e. The molecule has 0 radical (unpaired) electrons. The summed E-state index contributed by atoms with van der Waals surface area (Å²) in [5.41, 5.74) is 2.26. The first-order valence-corrected chi connectivity index (χ1v) is 12.9. The molecule has 0 unspecified atom stereocenters. The number of benzene rings is 2. The van der Waals surface area contributed by atoms with Crippen LogP contribution < -0.4 is 0 Å². The third kappa shape index (κ3) is 4.73. The molecule has 2 fully saturated rings. The summed E-state index contributed by atoms with van der Waals surface area (Å²) in [6.45, 7) is 9.89. The highest BCUT2D eigenvalue weighted by atomic mass is 16.5. The number of aromatic nitrogens is 2. The fraction of sp³-hybridized carbons (Fsp3) is 0.517. The molecule has 36 heavy (non-hydrogen) atoms. The zero-order chi connectivity index (χ0) is 25.3. The normalized spacial score (nSPS) is 20.3. The van der Waals surface area contributed by atoms with Crippen LogP contribution >= 0.6 is 0 Å². The van der Waals surface area contributed by atoms with E-state index in [-0.39, 0.29) is 11.5 Å². The Morgan fingerprint density at radius 3 is 2.50 bits per heavy atom. The minimum absolute atomic E-state index is 0.169. The summed E-state index contributed by atoms with van der Waals surface area (Å²) in [7, 11) is 2.09. The summed E-state index contributed by atoms with van der Waals surface area (Å²) in [5, 5.41) is 16.6. The molecule has 1 atom stereocenters. The van der Waals surface area contributed by atoms with Gasteiger partial charge in [-0.15, -0.1) is 0 Å². The van der Waals surface area contributed by atoms with Gasteiger partial charge in [0.05, 0.1) is 6.10 Å². The number of likely N-dealkylation sites (tertiary alicyclic amines) is 1. The second-order valence-corrected chi connectivity index (χ2v) is 10.9. The highest BCUT2D eigenvalue weighted by Gasteiger charge is 2.55. The van der Waals surface area contributed by atoms with Crippen LogP contribution in [0.1, 0.15) is 62.0 Å². The average molecular weight is 492 g/mol. The van der Waals surface area contributed by atoms with Crippen molar-refractivity contribution < 1.29 is 19.1 Å². The summed E-state index contributed by atoms with van der Waals surface area (Å²) in [5.74, 6) is 1.38. The molecule has 0 aliphatic carbocycles. The van der Waals surface area contributed by atoms with E-state index in [4.69, 9.17) is 14.0 Å². The number of nitrogens with zero attached hydrogens (tertiary/aromatic N) is 3. The zero-order valence-electron chi connectivity index (χ0n) is 21.7. The van der Waals surface area contributed by atoms with E-state index in [1.807, 2.05) is 24.3 Å². The molecule has 2 saturated heterocycles. The Bertz CT molecular complexity index is 1160. The second-order valence-electron chi connectivity index (χ2n) is 10.9. The molecule has 0 amide bonds. The molecule has 7 nitrogen and oxygen atoms in total. The van der Waals surface area contributed by atoms with Gasteiger partial charge in [-0.05, 0) is 54.6 Å². The van der Waals surface area contributed by atoms with Gasteiger partial charge in [-0.2, -0.15) is 4.98 Å². The van der Waals surface area contributed by atoms with Gasteiger partial charge in [0.15, 0.2) is 5.82 Å². The topological polar surface area (TPSA) is 80.9 Å². The number of hydrogen-bond donors (Lipinski definition) is 1. The van der Waals surface area contributed by atoms with Crippen molar-refractivity contribution in [1.82, 2.24) is 15.0 Å². The molecular weight excluding hydrogens is 454 g/mol. The zero-order valence-corrected chi connectivity index (χ0v) is 21.7. The molecular formula is C29H37N3O4. The minimum atomic E-state index is -1.17. The van der Waals surface area contributed by atoms with E-state index in [0.29, 0.717) is 24.2 Å². The number of ether oxygens (including phenoxy) is 2. The minimum Gasteiger partial charge on any atom is -0.381 e. The Morgan fingerprint density at radius 2 is 1.83 bits per heavy atom. The summed E-state index contributed by atoms with van der Waals surface area (Å²) in [6.07, 6.45) is 1.94. The molecule has 2 aliphatic heterocycles. The third-order valence-corrected chi connectivity index (χ3v) is 7.72. The Kier molecular flexibility index (Phi) is 7.01. The molecule has 2 aliphatic rings. The number of hydrogen-bond acceptors (Lipinski definition) is 7. The van der Waals surface area contributed by atoms with Gasteiger partial charge < -0.3 is 24.0 Å². The summed E-state index contributed by atoms with van der Waals surface area (Å²) >= 11 is 0. The van der Waals surface area contributed by atoms with Crippen molar-refractivity contribution in [3.63, 3.8) is 0 Å². The van der Waals surface area contributed by atoms with Gasteiger partial charge in [0.1, 0.15) is 12.2 Å². The van der Waals surface area contributed by atoms with Crippen molar-refractivity contribution >= 4 is 0 Å². The average Bonchev–Trinajstić information content (AvgIpc) is 3.36. The van der Waals surface area contributed by atoms with Gasteiger partial charge in [-0.3, -0.25) is 0 Å². The molecule has 3 heterocycles. The Labute approximate surface area is 213 Å². The van der Waals surface area contributed by atoms with E-state index in [1.54, 1.807) is 0 Å². The van der Waals surface area contributed by atoms with E-state index >= 15 is 0 Å². The van der Waals surface area contributed by atoms with Crippen molar-refractivity contribution in [2.75, 3.05) is 33.4 Å². The van der Waals surface area contributed by atoms with Crippen molar-refractivity contribution in [1.29, 1.82) is 0 Å². The monoisotopic (exact) mass is 491 g/mol. The van der Waals surface area contributed by atoms with E-state index in [1.165, 1.54) is 5.56 Å². The van der Waals surface area contributed by atoms with Crippen LogP contribution in [0, 0.1) is 5.41 Å². The van der Waals surface area contributed by atoms with E-state index in [9.17, 15) is 5.11 Å². The first kappa shape index (κ1) is 25.1. The first-order chi connectivity index (χ1) is 17.3. The van der Waals surface area contributed by atoms with Gasteiger partial charge in [0, 0.05) is 37.3 Å². The predicted molar refractivity (Wildman–Crippen MR) is 137 cm³/mol. The van der Waals surface area contributed by atoms with Gasteiger partial charge in [-0.25, -0.2) is 0 Å². The third-order valence-electron chi connectivity index (χ3n) is 7.72. The lowest BCUT2D eigenvalue weighted by molar-refractivity contribution is -0.127. The van der Waals surface area contributed by atoms with Crippen LogP contribution in [0.3, 0.4) is 0 Å². The first-order valence-electron chi connectivity index (χ1n) is 12.9. The van der Waals surface area contributed by atoms with Crippen LogP contribution in [-0.4, -0.2) is 59.6 Å². The number of aliphatic hydroxyl groups is 1. The SMILES string of the molecule is CC(C)c1ccc([C@](O)(c2cccc(-c3nc(COC4CCOCC4)no3)c2)C2(C)CN(C)C2)cc1. The van der Waals surface area contributed by atoms with Crippen molar-refractivity contribution in [3.8, 4) is 11.5 Å². The Balaban J connectivity index is 1.43. The van der Waals surface area contributed by atoms with E-state index < -0.39 is 5.60 Å². The molecule has 0 saturated carbocycles. The molecule has 1 aromatic heterocycles. The van der Waals surface area contributed by atoms with Gasteiger partial charge in [-0.1, -0.05) is 62.3 Å². The maximum absolute atomic E-state index is 12.5. The van der Waals surface area contributed by atoms with E-state index in [2.05, 4.69) is 67.1 Å². The molecule has 192 valence electrons. The Hall–Kier alpha value is -2.58. The quantitative estimate of drug-likeness (QED) is 0.487. The molecule has 0 spiro atoms. The summed E-state index contributed by atoms with van der Waals surface area (Å²) in [6, 6.07) is 16.3. The molecule has 0 bridgehead atoms. The van der Waals surface area contributed by atoms with Crippen molar-refractivity contribution in [3.05, 3.63) is 71.0 Å². The lowest BCUT2D eigenvalue weighted by atomic mass is 9.62. The highest BCUT2D eigenvalue weighted by Crippen LogP contribution is 2.50. The molecule has 1 N–H and O–H groups in total. The number of rotatable bonds is 8. The van der Waals surface area contributed by atoms with Gasteiger partial charge in [0.2, 0.25) is 0 Å². The highest BCUT2D eigenvalue weighted by molar-refractivity contribution is 5.56. The lowest BCUT2D eigenvalue weighted by Crippen LogP contribution is -2.63. The van der Waals surface area contributed by atoms with Crippen molar-refractivity contribution in [2.24, 2.45) is 5.41 Å². The van der Waals surface area contributed by atoms with Gasteiger partial charge >= 0.3 is 0 Å². The predicted octanol–water partition coefficient (Wildman–Crippen LogP) is 4.74. The summed E-state index contributed by atoms with van der Waals surface area (Å²) < 4.78 is 16.9. The van der Waals surface area contributed by atoms with Crippen LogP contribution in [0.2, 0.25) is 0 Å². The fourth-order valence-electron chi connectivity index (χ4n) is 5.69. The lowest BCUT2D eigenvalue weighted by Gasteiger charge is -2.56. The molecule has 3 aromatic rings.